The monoisotopic (exact) mass is 596 g/mol. The van der Waals surface area contributed by atoms with Crippen LogP contribution in [0.25, 0.3) is 6.08 Å². The summed E-state index contributed by atoms with van der Waals surface area (Å²) in [5.41, 5.74) is 1.50. The predicted octanol–water partition coefficient (Wildman–Crippen LogP) is 5.59. The minimum atomic E-state index is -0.471. The topological polar surface area (TPSA) is 66.9 Å². The molecule has 3 amide bonds. The lowest BCUT2D eigenvalue weighted by molar-refractivity contribution is -0.135. The Morgan fingerprint density at radius 2 is 1.73 bits per heavy atom. The van der Waals surface area contributed by atoms with E-state index < -0.39 is 11.1 Å². The minimum Gasteiger partial charge on any atom is -0.487 e. The fourth-order valence-corrected chi connectivity index (χ4v) is 5.82. The molecule has 0 unspecified atom stereocenters. The van der Waals surface area contributed by atoms with Gasteiger partial charge in [-0.3, -0.25) is 19.3 Å². The van der Waals surface area contributed by atoms with Crippen LogP contribution in [-0.4, -0.2) is 46.5 Å². The Labute approximate surface area is 211 Å². The molecule has 33 heavy (non-hydrogen) atoms. The van der Waals surface area contributed by atoms with Gasteiger partial charge in [-0.2, -0.15) is 0 Å². The molecule has 0 radical (unpaired) electrons. The molecule has 4 rings (SSSR count). The van der Waals surface area contributed by atoms with E-state index in [4.69, 9.17) is 4.74 Å². The van der Waals surface area contributed by atoms with Gasteiger partial charge >= 0.3 is 0 Å². The van der Waals surface area contributed by atoms with Crippen molar-refractivity contribution in [2.45, 2.75) is 19.4 Å². The summed E-state index contributed by atoms with van der Waals surface area (Å²) in [6, 6.07) is 9.59. The SMILES string of the molecule is O=C(CN1C(=O)S/C(=C/c2cc(Br)c(OCc3ccc(F)cc3)c(Br)c2)C1=O)N1CCCC1. The summed E-state index contributed by atoms with van der Waals surface area (Å²) in [6.45, 7) is 1.36. The van der Waals surface area contributed by atoms with Crippen molar-refractivity contribution in [3.63, 3.8) is 0 Å². The number of thioether (sulfide) groups is 1. The minimum absolute atomic E-state index is 0.204. The van der Waals surface area contributed by atoms with Crippen LogP contribution in [0.1, 0.15) is 24.0 Å². The first-order valence-corrected chi connectivity index (χ1v) is 12.6. The summed E-state index contributed by atoms with van der Waals surface area (Å²) in [7, 11) is 0. The van der Waals surface area contributed by atoms with E-state index in [1.54, 1.807) is 35.2 Å². The number of likely N-dealkylation sites (tertiary alicyclic amines) is 1. The van der Waals surface area contributed by atoms with Crippen LogP contribution in [0.15, 0.2) is 50.2 Å². The zero-order valence-corrected chi connectivity index (χ0v) is 21.3. The maximum Gasteiger partial charge on any atom is 0.294 e. The van der Waals surface area contributed by atoms with E-state index in [-0.39, 0.29) is 29.8 Å². The number of nitrogens with zero attached hydrogens (tertiary/aromatic N) is 2. The van der Waals surface area contributed by atoms with Crippen LogP contribution in [0.5, 0.6) is 5.75 Å². The third-order valence-electron chi connectivity index (χ3n) is 5.24. The molecule has 0 spiro atoms. The van der Waals surface area contributed by atoms with E-state index in [1.807, 2.05) is 0 Å². The van der Waals surface area contributed by atoms with E-state index >= 15 is 0 Å². The summed E-state index contributed by atoms with van der Waals surface area (Å²) >= 11 is 7.78. The average molecular weight is 598 g/mol. The number of hydrogen-bond acceptors (Lipinski definition) is 5. The van der Waals surface area contributed by atoms with Gasteiger partial charge in [-0.05, 0) is 97.9 Å². The zero-order chi connectivity index (χ0) is 23.5. The van der Waals surface area contributed by atoms with Crippen LogP contribution >= 0.6 is 43.6 Å². The quantitative estimate of drug-likeness (QED) is 0.406. The summed E-state index contributed by atoms with van der Waals surface area (Å²) in [6.07, 6.45) is 3.51. The lowest BCUT2D eigenvalue weighted by Gasteiger charge is -2.18. The molecule has 0 saturated carbocycles. The van der Waals surface area contributed by atoms with E-state index in [1.165, 1.54) is 12.1 Å². The normalized spacial score (nSPS) is 17.4. The van der Waals surface area contributed by atoms with Crippen molar-refractivity contribution >= 4 is 66.8 Å². The summed E-state index contributed by atoms with van der Waals surface area (Å²) in [5, 5.41) is -0.448. The number of carbonyl (C=O) groups excluding carboxylic acids is 3. The van der Waals surface area contributed by atoms with Crippen molar-refractivity contribution < 1.29 is 23.5 Å². The van der Waals surface area contributed by atoms with E-state index in [0.717, 1.165) is 35.1 Å². The largest absolute Gasteiger partial charge is 0.487 e. The van der Waals surface area contributed by atoms with Gasteiger partial charge in [0, 0.05) is 13.1 Å². The lowest BCUT2D eigenvalue weighted by Crippen LogP contribution is -2.40. The molecule has 172 valence electrons. The highest BCUT2D eigenvalue weighted by Crippen LogP contribution is 2.38. The Bertz CT molecular complexity index is 1110. The first-order valence-electron chi connectivity index (χ1n) is 10.2. The Balaban J connectivity index is 1.45. The van der Waals surface area contributed by atoms with Gasteiger partial charge in [-0.25, -0.2) is 4.39 Å². The number of hydrogen-bond donors (Lipinski definition) is 0. The first-order chi connectivity index (χ1) is 15.8. The molecule has 2 aromatic rings. The smallest absolute Gasteiger partial charge is 0.294 e. The fourth-order valence-electron chi connectivity index (χ4n) is 3.53. The molecule has 2 aromatic carbocycles. The Hall–Kier alpha value is -2.17. The lowest BCUT2D eigenvalue weighted by atomic mass is 10.2. The molecule has 6 nitrogen and oxygen atoms in total. The van der Waals surface area contributed by atoms with Gasteiger partial charge < -0.3 is 9.64 Å². The third-order valence-corrected chi connectivity index (χ3v) is 7.33. The van der Waals surface area contributed by atoms with Crippen molar-refractivity contribution in [3.05, 3.63) is 67.2 Å². The predicted molar refractivity (Wildman–Crippen MR) is 131 cm³/mol. The van der Waals surface area contributed by atoms with Crippen LogP contribution < -0.4 is 4.74 Å². The number of amides is 3. The van der Waals surface area contributed by atoms with Gasteiger partial charge in [-0.15, -0.1) is 0 Å². The molecule has 2 saturated heterocycles. The first kappa shape index (κ1) is 24.0. The molecule has 2 aliphatic rings. The van der Waals surface area contributed by atoms with Gasteiger partial charge in [-0.1, -0.05) is 12.1 Å². The average Bonchev–Trinajstić information content (AvgIpc) is 3.39. The van der Waals surface area contributed by atoms with Crippen molar-refractivity contribution in [1.82, 2.24) is 9.80 Å². The molecule has 0 bridgehead atoms. The Kier molecular flexibility index (Phi) is 7.55. The van der Waals surface area contributed by atoms with E-state index in [2.05, 4.69) is 31.9 Å². The van der Waals surface area contributed by atoms with Crippen molar-refractivity contribution in [3.8, 4) is 5.75 Å². The van der Waals surface area contributed by atoms with Gasteiger partial charge in [0.2, 0.25) is 5.91 Å². The molecule has 2 aliphatic heterocycles. The number of rotatable bonds is 6. The molecule has 0 atom stereocenters. The van der Waals surface area contributed by atoms with Gasteiger partial charge in [0.1, 0.15) is 24.7 Å². The number of imide groups is 1. The highest BCUT2D eigenvalue weighted by atomic mass is 79.9. The van der Waals surface area contributed by atoms with Crippen molar-refractivity contribution in [1.29, 1.82) is 0 Å². The molecular weight excluding hydrogens is 579 g/mol. The van der Waals surface area contributed by atoms with Gasteiger partial charge in [0.25, 0.3) is 11.1 Å². The second-order valence-corrected chi connectivity index (χ2v) is 10.3. The van der Waals surface area contributed by atoms with Crippen LogP contribution in [0, 0.1) is 5.82 Å². The zero-order valence-electron chi connectivity index (χ0n) is 17.4. The maximum atomic E-state index is 13.1. The maximum absolute atomic E-state index is 13.1. The van der Waals surface area contributed by atoms with Crippen LogP contribution in [0.4, 0.5) is 9.18 Å². The molecular formula is C23H19Br2FN2O4S. The second kappa shape index (κ2) is 10.4. The Morgan fingerprint density at radius 3 is 2.36 bits per heavy atom. The van der Waals surface area contributed by atoms with Gasteiger partial charge in [0.15, 0.2) is 0 Å². The third kappa shape index (κ3) is 5.67. The van der Waals surface area contributed by atoms with Crippen LogP contribution in [0.2, 0.25) is 0 Å². The van der Waals surface area contributed by atoms with Crippen LogP contribution in [-0.2, 0) is 16.2 Å². The molecule has 2 fully saturated rings. The van der Waals surface area contributed by atoms with Crippen LogP contribution in [0.3, 0.4) is 0 Å². The molecule has 0 N–H and O–H groups in total. The number of carbonyl (C=O) groups is 3. The van der Waals surface area contributed by atoms with Crippen molar-refractivity contribution in [2.75, 3.05) is 19.6 Å². The highest BCUT2D eigenvalue weighted by Gasteiger charge is 2.37. The number of halogens is 3. The summed E-state index contributed by atoms with van der Waals surface area (Å²) < 4.78 is 20.2. The van der Waals surface area contributed by atoms with E-state index in [9.17, 15) is 18.8 Å². The van der Waals surface area contributed by atoms with Crippen molar-refractivity contribution in [2.24, 2.45) is 0 Å². The second-order valence-electron chi connectivity index (χ2n) is 7.58. The standard InChI is InChI=1S/C23H19Br2FN2O4S/c24-17-9-15(10-18(25)21(17)32-13-14-3-5-16(26)6-4-14)11-19-22(30)28(23(31)33-19)12-20(29)27-7-1-2-8-27/h3-6,9-11H,1-2,7-8,12-13H2/b19-11+. The summed E-state index contributed by atoms with van der Waals surface area (Å²) in [5.74, 6) is -0.429. The summed E-state index contributed by atoms with van der Waals surface area (Å²) in [4.78, 5) is 40.4. The fraction of sp³-hybridized carbons (Fsp3) is 0.261. The number of benzene rings is 2. The Morgan fingerprint density at radius 1 is 1.09 bits per heavy atom. The van der Waals surface area contributed by atoms with Gasteiger partial charge in [0.05, 0.1) is 13.9 Å². The molecule has 0 aromatic heterocycles. The molecule has 10 heteroatoms. The number of ether oxygens (including phenoxy) is 1. The molecule has 2 heterocycles. The molecule has 0 aliphatic carbocycles. The van der Waals surface area contributed by atoms with E-state index in [0.29, 0.717) is 33.3 Å². The highest BCUT2D eigenvalue weighted by molar-refractivity contribution is 9.11.